The molecule has 2 atom stereocenters. The van der Waals surface area contributed by atoms with Crippen LogP contribution in [0.1, 0.15) is 11.3 Å². The highest BCUT2D eigenvalue weighted by atomic mass is 32.2. The fraction of sp³-hybridized carbons (Fsp3) is 0.455. The van der Waals surface area contributed by atoms with Crippen molar-refractivity contribution in [1.29, 1.82) is 0 Å². The molecule has 1 aromatic rings. The molecule has 0 radical (unpaired) electrons. The largest absolute Gasteiger partial charge is 0.229 e. The molecule has 0 aliphatic carbocycles. The van der Waals surface area contributed by atoms with Crippen LogP contribution in [-0.2, 0) is 26.3 Å². The van der Waals surface area contributed by atoms with Crippen LogP contribution in [0.2, 0.25) is 0 Å². The van der Waals surface area contributed by atoms with Gasteiger partial charge in [-0.25, -0.2) is 22.0 Å². The van der Waals surface area contributed by atoms with Gasteiger partial charge >= 0.3 is 0 Å². The normalized spacial score (nSPS) is 15.9. The zero-order chi connectivity index (χ0) is 14.7. The Morgan fingerprint density at radius 1 is 1.37 bits per heavy atom. The average Bonchev–Trinajstić information content (AvgIpc) is 2.72. The molecule has 19 heavy (non-hydrogen) atoms. The van der Waals surface area contributed by atoms with Gasteiger partial charge in [-0.05, 0) is 17.9 Å². The SMILES string of the molecule is C=CCC(C(Cc1cccs1)S(N)(=O)=O)S(C)(=O)=O. The second kappa shape index (κ2) is 6.17. The molecule has 0 fully saturated rings. The number of hydrogen-bond acceptors (Lipinski definition) is 5. The van der Waals surface area contributed by atoms with Crippen molar-refractivity contribution in [2.24, 2.45) is 5.14 Å². The van der Waals surface area contributed by atoms with Crippen LogP contribution in [0.5, 0.6) is 0 Å². The van der Waals surface area contributed by atoms with Gasteiger partial charge < -0.3 is 0 Å². The molecule has 5 nitrogen and oxygen atoms in total. The van der Waals surface area contributed by atoms with Gasteiger partial charge in [0.1, 0.15) is 0 Å². The Kier molecular flexibility index (Phi) is 5.31. The van der Waals surface area contributed by atoms with Crippen molar-refractivity contribution >= 4 is 31.2 Å². The molecule has 0 aliphatic rings. The first kappa shape index (κ1) is 16.4. The first-order valence-electron chi connectivity index (χ1n) is 5.50. The Bertz CT molecular complexity index is 617. The number of rotatable bonds is 7. The van der Waals surface area contributed by atoms with Crippen molar-refractivity contribution in [3.8, 4) is 0 Å². The molecule has 0 aliphatic heterocycles. The molecule has 2 N–H and O–H groups in total. The van der Waals surface area contributed by atoms with Crippen molar-refractivity contribution in [1.82, 2.24) is 0 Å². The van der Waals surface area contributed by atoms with Crippen molar-refractivity contribution in [2.75, 3.05) is 6.26 Å². The molecule has 0 spiro atoms. The fourth-order valence-corrected chi connectivity index (χ4v) is 5.87. The number of allylic oxidation sites excluding steroid dienone is 1. The smallest absolute Gasteiger partial charge is 0.213 e. The standard InChI is InChI=1S/C11H17NO4S3/c1-3-5-10(18(2,13)14)11(19(12,15)16)8-9-6-4-7-17-9/h3-4,6-7,10-11H,1,5,8H2,2H3,(H2,12,15,16). The van der Waals surface area contributed by atoms with Gasteiger partial charge in [-0.2, -0.15) is 0 Å². The van der Waals surface area contributed by atoms with Crippen molar-refractivity contribution in [3.05, 3.63) is 35.0 Å². The maximum atomic E-state index is 11.8. The van der Waals surface area contributed by atoms with E-state index in [2.05, 4.69) is 6.58 Å². The van der Waals surface area contributed by atoms with Crippen LogP contribution < -0.4 is 5.14 Å². The van der Waals surface area contributed by atoms with Gasteiger partial charge in [0.15, 0.2) is 9.84 Å². The van der Waals surface area contributed by atoms with E-state index in [1.54, 1.807) is 17.5 Å². The summed E-state index contributed by atoms with van der Waals surface area (Å²) in [5.74, 6) is 0. The van der Waals surface area contributed by atoms with E-state index in [0.29, 0.717) is 0 Å². The average molecular weight is 323 g/mol. The lowest BCUT2D eigenvalue weighted by Crippen LogP contribution is -2.43. The lowest BCUT2D eigenvalue weighted by atomic mass is 10.1. The third kappa shape index (κ3) is 4.72. The lowest BCUT2D eigenvalue weighted by molar-refractivity contribution is 0.552. The van der Waals surface area contributed by atoms with Gasteiger partial charge in [0, 0.05) is 17.6 Å². The summed E-state index contributed by atoms with van der Waals surface area (Å²) < 4.78 is 47.0. The second-order valence-corrected chi connectivity index (χ2v) is 9.38. The molecule has 1 rings (SSSR count). The third-order valence-corrected chi connectivity index (χ3v) is 6.80. The summed E-state index contributed by atoms with van der Waals surface area (Å²) >= 11 is 1.37. The molecule has 1 aromatic heterocycles. The topological polar surface area (TPSA) is 94.3 Å². The molecule has 8 heteroatoms. The van der Waals surface area contributed by atoms with E-state index in [1.165, 1.54) is 17.4 Å². The number of sulfone groups is 1. The highest BCUT2D eigenvalue weighted by molar-refractivity contribution is 7.94. The summed E-state index contributed by atoms with van der Waals surface area (Å²) in [6, 6.07) is 3.54. The van der Waals surface area contributed by atoms with E-state index in [-0.39, 0.29) is 12.8 Å². The van der Waals surface area contributed by atoms with Crippen molar-refractivity contribution in [2.45, 2.75) is 23.3 Å². The van der Waals surface area contributed by atoms with E-state index in [4.69, 9.17) is 5.14 Å². The molecule has 0 aromatic carbocycles. The fourth-order valence-electron chi connectivity index (χ4n) is 1.85. The number of sulfonamides is 1. The first-order chi connectivity index (χ1) is 8.66. The van der Waals surface area contributed by atoms with E-state index >= 15 is 0 Å². The molecule has 0 saturated heterocycles. The zero-order valence-electron chi connectivity index (χ0n) is 10.5. The summed E-state index contributed by atoms with van der Waals surface area (Å²) in [5, 5.41) is 4.79. The van der Waals surface area contributed by atoms with Crippen LogP contribution in [-0.4, -0.2) is 33.6 Å². The lowest BCUT2D eigenvalue weighted by Gasteiger charge is -2.22. The van der Waals surface area contributed by atoms with Crippen molar-refractivity contribution in [3.63, 3.8) is 0 Å². The summed E-state index contributed by atoms with van der Waals surface area (Å²) in [5.41, 5.74) is 0. The molecular weight excluding hydrogens is 306 g/mol. The summed E-state index contributed by atoms with van der Waals surface area (Å²) in [6.07, 6.45) is 2.58. The Morgan fingerprint density at radius 3 is 2.37 bits per heavy atom. The first-order valence-corrected chi connectivity index (χ1v) is 9.94. The van der Waals surface area contributed by atoms with Crippen LogP contribution in [0, 0.1) is 0 Å². The Hall–Kier alpha value is -0.700. The van der Waals surface area contributed by atoms with Crippen LogP contribution in [0.15, 0.2) is 30.2 Å². The predicted octanol–water partition coefficient (Wildman–Crippen LogP) is 0.937. The maximum absolute atomic E-state index is 11.8. The highest BCUT2D eigenvalue weighted by Crippen LogP contribution is 2.22. The molecule has 0 amide bonds. The summed E-state index contributed by atoms with van der Waals surface area (Å²) in [7, 11) is -7.50. The molecule has 2 unspecified atom stereocenters. The minimum Gasteiger partial charge on any atom is -0.229 e. The Morgan fingerprint density at radius 2 is 2.00 bits per heavy atom. The summed E-state index contributed by atoms with van der Waals surface area (Å²) in [4.78, 5) is 0.789. The highest BCUT2D eigenvalue weighted by Gasteiger charge is 2.37. The molecule has 108 valence electrons. The molecular formula is C11H17NO4S3. The van der Waals surface area contributed by atoms with E-state index in [1.807, 2.05) is 0 Å². The number of thiophene rings is 1. The van der Waals surface area contributed by atoms with Gasteiger partial charge in [0.05, 0.1) is 10.5 Å². The minimum atomic E-state index is -3.97. The Balaban J connectivity index is 3.18. The maximum Gasteiger partial charge on any atom is 0.213 e. The minimum absolute atomic E-state index is 0.0608. The zero-order valence-corrected chi connectivity index (χ0v) is 13.0. The second-order valence-electron chi connectivity index (χ2n) is 4.30. The van der Waals surface area contributed by atoms with Crippen LogP contribution >= 0.6 is 11.3 Å². The van der Waals surface area contributed by atoms with E-state index < -0.39 is 30.4 Å². The van der Waals surface area contributed by atoms with Gasteiger partial charge in [0.2, 0.25) is 10.0 Å². The summed E-state index contributed by atoms with van der Waals surface area (Å²) in [6.45, 7) is 3.48. The van der Waals surface area contributed by atoms with Gasteiger partial charge in [-0.15, -0.1) is 17.9 Å². The van der Waals surface area contributed by atoms with Crippen LogP contribution in [0.25, 0.3) is 0 Å². The van der Waals surface area contributed by atoms with Gasteiger partial charge in [-0.1, -0.05) is 12.1 Å². The quantitative estimate of drug-likeness (QED) is 0.755. The van der Waals surface area contributed by atoms with Crippen molar-refractivity contribution < 1.29 is 16.8 Å². The Labute approximate surface area is 118 Å². The monoisotopic (exact) mass is 323 g/mol. The van der Waals surface area contributed by atoms with E-state index in [0.717, 1.165) is 11.1 Å². The molecule has 0 bridgehead atoms. The van der Waals surface area contributed by atoms with Crippen LogP contribution in [0.4, 0.5) is 0 Å². The predicted molar refractivity (Wildman–Crippen MR) is 78.4 cm³/mol. The van der Waals surface area contributed by atoms with Gasteiger partial charge in [0.25, 0.3) is 0 Å². The van der Waals surface area contributed by atoms with Gasteiger partial charge in [-0.3, -0.25) is 0 Å². The van der Waals surface area contributed by atoms with Crippen LogP contribution in [0.3, 0.4) is 0 Å². The van der Waals surface area contributed by atoms with E-state index in [9.17, 15) is 16.8 Å². The third-order valence-electron chi connectivity index (χ3n) is 2.77. The number of nitrogens with two attached hydrogens (primary N) is 1. The number of hydrogen-bond donors (Lipinski definition) is 1. The number of primary sulfonamides is 1. The molecule has 0 saturated carbocycles. The molecule has 1 heterocycles.